The van der Waals surface area contributed by atoms with Gasteiger partial charge in [0.1, 0.15) is 0 Å². The fraction of sp³-hybridized carbons (Fsp3) is 0.650. The summed E-state index contributed by atoms with van der Waals surface area (Å²) in [5.41, 5.74) is 0.882. The van der Waals surface area contributed by atoms with Crippen molar-refractivity contribution in [3.05, 3.63) is 35.9 Å². The highest BCUT2D eigenvalue weighted by Crippen LogP contribution is 2.23. The summed E-state index contributed by atoms with van der Waals surface area (Å²) >= 11 is 0. The van der Waals surface area contributed by atoms with Crippen molar-refractivity contribution in [3.63, 3.8) is 0 Å². The predicted molar refractivity (Wildman–Crippen MR) is 109 cm³/mol. The molecule has 1 saturated heterocycles. The van der Waals surface area contributed by atoms with Crippen LogP contribution in [-0.2, 0) is 20.6 Å². The Bertz CT molecular complexity index is 721. The summed E-state index contributed by atoms with van der Waals surface area (Å²) in [5.74, 6) is 0.0712. The maximum absolute atomic E-state index is 12.6. The van der Waals surface area contributed by atoms with Crippen molar-refractivity contribution in [1.82, 2.24) is 14.1 Å². The van der Waals surface area contributed by atoms with Crippen LogP contribution >= 0.6 is 0 Å². The number of benzene rings is 1. The fourth-order valence-electron chi connectivity index (χ4n) is 3.20. The summed E-state index contributed by atoms with van der Waals surface area (Å²) in [4.78, 5) is 16.5. The van der Waals surface area contributed by atoms with Crippen LogP contribution in [0.15, 0.2) is 30.3 Å². The maximum atomic E-state index is 12.6. The highest BCUT2D eigenvalue weighted by Gasteiger charge is 2.31. The Hall–Kier alpha value is -1.44. The van der Waals surface area contributed by atoms with Gasteiger partial charge >= 0.3 is 0 Å². The van der Waals surface area contributed by atoms with Crippen LogP contribution in [0.25, 0.3) is 0 Å². The van der Waals surface area contributed by atoms with Crippen molar-refractivity contribution < 1.29 is 13.2 Å². The molecule has 0 aliphatic carbocycles. The summed E-state index contributed by atoms with van der Waals surface area (Å²) in [6.07, 6.45) is 0. The van der Waals surface area contributed by atoms with Crippen LogP contribution in [0.5, 0.6) is 0 Å². The van der Waals surface area contributed by atoms with Gasteiger partial charge in [-0.15, -0.1) is 0 Å². The Balaban J connectivity index is 1.88. The van der Waals surface area contributed by atoms with Gasteiger partial charge in [-0.2, -0.15) is 4.31 Å². The molecule has 0 spiro atoms. The number of likely N-dealkylation sites (N-methyl/N-ethyl adjacent to an activating group) is 1. The Morgan fingerprint density at radius 3 is 2.19 bits per heavy atom. The number of hydrogen-bond donors (Lipinski definition) is 0. The lowest BCUT2D eigenvalue weighted by atomic mass is 9.87. The molecule has 1 aromatic rings. The number of nitrogens with zero attached hydrogens (tertiary/aromatic N) is 3. The van der Waals surface area contributed by atoms with Gasteiger partial charge in [0.2, 0.25) is 15.9 Å². The molecule has 0 N–H and O–H groups in total. The fourth-order valence-corrected chi connectivity index (χ4v) is 4.72. The van der Waals surface area contributed by atoms with Crippen LogP contribution in [0.4, 0.5) is 0 Å². The van der Waals surface area contributed by atoms with Gasteiger partial charge in [0.15, 0.2) is 0 Å². The highest BCUT2D eigenvalue weighted by molar-refractivity contribution is 7.88. The van der Waals surface area contributed by atoms with Gasteiger partial charge in [-0.25, -0.2) is 8.42 Å². The standard InChI is InChI=1S/C20H33N3O3S/c1-17(20(2,3)4)21(5)15-19(24)22-11-13-23(14-12-22)27(25,26)16-18-9-7-6-8-10-18/h6-10,17H,11-16H2,1-5H3. The molecule has 0 bridgehead atoms. The number of carbonyl (C=O) groups excluding carboxylic acids is 1. The first-order valence-corrected chi connectivity index (χ1v) is 11.1. The molecule has 1 unspecified atom stereocenters. The van der Waals surface area contributed by atoms with Gasteiger partial charge in [0, 0.05) is 32.2 Å². The second kappa shape index (κ2) is 8.71. The van der Waals surface area contributed by atoms with E-state index in [-0.39, 0.29) is 23.1 Å². The smallest absolute Gasteiger partial charge is 0.236 e. The zero-order chi connectivity index (χ0) is 20.2. The number of piperazine rings is 1. The minimum atomic E-state index is -3.36. The topological polar surface area (TPSA) is 60.9 Å². The van der Waals surface area contributed by atoms with Crippen molar-refractivity contribution in [2.24, 2.45) is 5.41 Å². The first kappa shape index (κ1) is 21.9. The lowest BCUT2D eigenvalue weighted by molar-refractivity contribution is -0.134. The third-order valence-electron chi connectivity index (χ3n) is 5.48. The van der Waals surface area contributed by atoms with E-state index >= 15 is 0 Å². The summed E-state index contributed by atoms with van der Waals surface area (Å²) in [5, 5.41) is 0. The first-order chi connectivity index (χ1) is 12.5. The number of hydrogen-bond acceptors (Lipinski definition) is 4. The van der Waals surface area contributed by atoms with Crippen LogP contribution in [-0.4, -0.2) is 74.2 Å². The lowest BCUT2D eigenvalue weighted by Crippen LogP contribution is -2.53. The summed E-state index contributed by atoms with van der Waals surface area (Å²) < 4.78 is 26.8. The van der Waals surface area contributed by atoms with Gasteiger partial charge in [0.25, 0.3) is 0 Å². The summed E-state index contributed by atoms with van der Waals surface area (Å²) in [7, 11) is -1.39. The number of amides is 1. The highest BCUT2D eigenvalue weighted by atomic mass is 32.2. The van der Waals surface area contributed by atoms with E-state index < -0.39 is 10.0 Å². The van der Waals surface area contributed by atoms with Gasteiger partial charge < -0.3 is 4.90 Å². The molecule has 1 atom stereocenters. The molecular weight excluding hydrogens is 362 g/mol. The monoisotopic (exact) mass is 395 g/mol. The molecule has 152 valence electrons. The van der Waals surface area contributed by atoms with E-state index in [4.69, 9.17) is 0 Å². The Morgan fingerprint density at radius 1 is 1.11 bits per heavy atom. The number of carbonyl (C=O) groups is 1. The largest absolute Gasteiger partial charge is 0.339 e. The molecule has 0 aromatic heterocycles. The molecule has 1 aliphatic rings. The minimum Gasteiger partial charge on any atom is -0.339 e. The third kappa shape index (κ3) is 6.02. The van der Waals surface area contributed by atoms with E-state index in [1.165, 1.54) is 4.31 Å². The van der Waals surface area contributed by atoms with E-state index in [1.54, 1.807) is 4.90 Å². The Labute approximate surface area is 164 Å². The molecule has 1 fully saturated rings. The first-order valence-electron chi connectivity index (χ1n) is 9.50. The van der Waals surface area contributed by atoms with Gasteiger partial charge in [0.05, 0.1) is 12.3 Å². The van der Waals surface area contributed by atoms with Crippen molar-refractivity contribution in [3.8, 4) is 0 Å². The van der Waals surface area contributed by atoms with Gasteiger partial charge in [-0.1, -0.05) is 51.1 Å². The normalized spacial score (nSPS) is 17.9. The molecule has 7 heteroatoms. The van der Waals surface area contributed by atoms with Crippen molar-refractivity contribution in [1.29, 1.82) is 0 Å². The van der Waals surface area contributed by atoms with Gasteiger partial charge in [-0.05, 0) is 24.9 Å². The number of rotatable bonds is 6. The third-order valence-corrected chi connectivity index (χ3v) is 7.33. The molecule has 0 saturated carbocycles. The maximum Gasteiger partial charge on any atom is 0.236 e. The second-order valence-corrected chi connectivity index (χ2v) is 10.4. The van der Waals surface area contributed by atoms with Crippen molar-refractivity contribution in [2.75, 3.05) is 39.8 Å². The van der Waals surface area contributed by atoms with E-state index in [2.05, 4.69) is 32.6 Å². The van der Waals surface area contributed by atoms with Crippen LogP contribution in [0.3, 0.4) is 0 Å². The average molecular weight is 396 g/mol. The minimum absolute atomic E-state index is 0.00756. The van der Waals surface area contributed by atoms with E-state index in [0.717, 1.165) is 5.56 Å². The second-order valence-electron chi connectivity index (χ2n) is 8.48. The molecular formula is C20H33N3O3S. The van der Waals surface area contributed by atoms with E-state index in [1.807, 2.05) is 37.4 Å². The van der Waals surface area contributed by atoms with Crippen LogP contribution in [0.1, 0.15) is 33.3 Å². The van der Waals surface area contributed by atoms with Crippen LogP contribution < -0.4 is 0 Å². The molecule has 1 amide bonds. The van der Waals surface area contributed by atoms with Crippen LogP contribution in [0, 0.1) is 5.41 Å². The zero-order valence-electron chi connectivity index (χ0n) is 17.2. The molecule has 2 rings (SSSR count). The molecule has 1 aliphatic heterocycles. The Kier molecular flexibility index (Phi) is 7.05. The molecule has 1 heterocycles. The SMILES string of the molecule is CC(N(C)CC(=O)N1CCN(S(=O)(=O)Cc2ccccc2)CC1)C(C)(C)C. The zero-order valence-corrected chi connectivity index (χ0v) is 18.0. The van der Waals surface area contributed by atoms with Gasteiger partial charge in [-0.3, -0.25) is 9.69 Å². The van der Waals surface area contributed by atoms with E-state index in [9.17, 15) is 13.2 Å². The summed E-state index contributed by atoms with van der Waals surface area (Å²) in [6, 6.07) is 9.48. The Morgan fingerprint density at radius 2 is 1.67 bits per heavy atom. The molecule has 0 radical (unpaired) electrons. The lowest BCUT2D eigenvalue weighted by Gasteiger charge is -2.38. The predicted octanol–water partition coefficient (Wildman–Crippen LogP) is 2.03. The van der Waals surface area contributed by atoms with Crippen molar-refractivity contribution >= 4 is 15.9 Å². The summed E-state index contributed by atoms with van der Waals surface area (Å²) in [6.45, 7) is 10.6. The molecule has 1 aromatic carbocycles. The van der Waals surface area contributed by atoms with E-state index in [0.29, 0.717) is 32.7 Å². The van der Waals surface area contributed by atoms with Crippen molar-refractivity contribution in [2.45, 2.75) is 39.5 Å². The average Bonchev–Trinajstić information content (AvgIpc) is 2.60. The number of sulfonamides is 1. The molecule has 27 heavy (non-hydrogen) atoms. The quantitative estimate of drug-likeness (QED) is 0.739. The van der Waals surface area contributed by atoms with Crippen LogP contribution in [0.2, 0.25) is 0 Å². The molecule has 6 nitrogen and oxygen atoms in total.